The predicted molar refractivity (Wildman–Crippen MR) is 79.6 cm³/mol. The number of anilines is 1. The molecule has 1 rings (SSSR count). The monoisotopic (exact) mass is 388 g/mol. The number of hydrogen-bond acceptors (Lipinski definition) is 4. The molecule has 4 N–H and O–H groups in total. The van der Waals surface area contributed by atoms with Crippen LogP contribution in [0.4, 0.5) is 10.1 Å². The van der Waals surface area contributed by atoms with Crippen LogP contribution in [0.3, 0.4) is 0 Å². The molecule has 0 radical (unpaired) electrons. The Kier molecular flexibility index (Phi) is 5.42. The Morgan fingerprint density at radius 3 is 2.60 bits per heavy atom. The molecule has 0 amide bonds. The number of nitrogens with two attached hydrogens (primary N) is 1. The molecule has 0 fully saturated rings. The van der Waals surface area contributed by atoms with Gasteiger partial charge in [-0.2, -0.15) is 0 Å². The van der Waals surface area contributed by atoms with E-state index in [-0.39, 0.29) is 15.2 Å². The van der Waals surface area contributed by atoms with Crippen molar-refractivity contribution in [2.45, 2.75) is 30.7 Å². The lowest BCUT2D eigenvalue weighted by Gasteiger charge is -2.27. The van der Waals surface area contributed by atoms with Crippen molar-refractivity contribution < 1.29 is 17.9 Å². The van der Waals surface area contributed by atoms with Crippen LogP contribution in [0.1, 0.15) is 20.3 Å². The molecule has 9 heteroatoms. The number of aliphatic hydroxyl groups is 1. The van der Waals surface area contributed by atoms with E-state index in [1.165, 1.54) is 6.92 Å². The zero-order chi connectivity index (χ0) is 15.7. The van der Waals surface area contributed by atoms with Gasteiger partial charge in [-0.3, -0.25) is 0 Å². The first kappa shape index (κ1) is 17.6. The van der Waals surface area contributed by atoms with Gasteiger partial charge >= 0.3 is 0 Å². The van der Waals surface area contributed by atoms with E-state index in [4.69, 9.17) is 17.3 Å². The number of sulfonamides is 1. The van der Waals surface area contributed by atoms with Crippen molar-refractivity contribution >= 4 is 43.2 Å². The molecule has 0 saturated carbocycles. The fourth-order valence-corrected chi connectivity index (χ4v) is 3.54. The van der Waals surface area contributed by atoms with E-state index in [1.807, 2.05) is 0 Å². The first-order valence-electron chi connectivity index (χ1n) is 5.65. The highest BCUT2D eigenvalue weighted by molar-refractivity contribution is 9.10. The third-order valence-electron chi connectivity index (χ3n) is 2.96. The van der Waals surface area contributed by atoms with Gasteiger partial charge in [0, 0.05) is 0 Å². The molecular formula is C11H15BrClFN2O3S. The maximum Gasteiger partial charge on any atom is 0.244 e. The van der Waals surface area contributed by atoms with Crippen LogP contribution in [0.2, 0.25) is 5.02 Å². The molecule has 1 aromatic carbocycles. The smallest absolute Gasteiger partial charge is 0.244 e. The maximum absolute atomic E-state index is 14.0. The summed E-state index contributed by atoms with van der Waals surface area (Å²) in [6.45, 7) is 2.77. The number of nitrogen functional groups attached to an aromatic ring is 1. The summed E-state index contributed by atoms with van der Waals surface area (Å²) >= 11 is 8.77. The summed E-state index contributed by atoms with van der Waals surface area (Å²) in [5.74, 6) is -1.09. The summed E-state index contributed by atoms with van der Waals surface area (Å²) < 4.78 is 40.8. The van der Waals surface area contributed by atoms with Gasteiger partial charge < -0.3 is 10.8 Å². The van der Waals surface area contributed by atoms with Crippen LogP contribution < -0.4 is 10.5 Å². The maximum atomic E-state index is 14.0. The van der Waals surface area contributed by atoms with Gasteiger partial charge in [0.25, 0.3) is 0 Å². The van der Waals surface area contributed by atoms with Crippen molar-refractivity contribution in [2.75, 3.05) is 12.3 Å². The van der Waals surface area contributed by atoms with Crippen LogP contribution in [0, 0.1) is 5.82 Å². The van der Waals surface area contributed by atoms with Crippen LogP contribution >= 0.6 is 27.5 Å². The Morgan fingerprint density at radius 2 is 2.15 bits per heavy atom. The number of aliphatic hydroxyl groups excluding tert-OH is 1. The molecule has 0 aliphatic rings. The fraction of sp³-hybridized carbons (Fsp3) is 0.455. The van der Waals surface area contributed by atoms with E-state index in [0.717, 1.165) is 6.07 Å². The topological polar surface area (TPSA) is 92.4 Å². The van der Waals surface area contributed by atoms with Crippen LogP contribution in [0.25, 0.3) is 0 Å². The second-order valence-electron chi connectivity index (χ2n) is 4.58. The van der Waals surface area contributed by atoms with E-state index < -0.39 is 32.9 Å². The second kappa shape index (κ2) is 6.15. The largest absolute Gasteiger partial charge is 0.395 e. The van der Waals surface area contributed by atoms with Crippen molar-refractivity contribution in [1.29, 1.82) is 0 Å². The lowest BCUT2D eigenvalue weighted by molar-refractivity contribution is 0.191. The zero-order valence-corrected chi connectivity index (χ0v) is 14.0. The standard InChI is InChI=1S/C11H15BrClFN2O3S/c1-3-11(2,5-17)16-20(18,19)7-4-6(13)8(12)10(15)9(7)14/h4,16-17H,3,5,15H2,1-2H3. The minimum absolute atomic E-state index is 0.0218. The van der Waals surface area contributed by atoms with Crippen molar-refractivity contribution in [3.05, 3.63) is 21.4 Å². The van der Waals surface area contributed by atoms with Gasteiger partial charge in [-0.1, -0.05) is 18.5 Å². The average Bonchev–Trinajstić information content (AvgIpc) is 2.39. The molecule has 5 nitrogen and oxygen atoms in total. The molecule has 1 aromatic rings. The molecule has 20 heavy (non-hydrogen) atoms. The number of nitrogens with one attached hydrogen (secondary N) is 1. The van der Waals surface area contributed by atoms with E-state index in [9.17, 15) is 17.9 Å². The molecular weight excluding hydrogens is 375 g/mol. The summed E-state index contributed by atoms with van der Waals surface area (Å²) in [4.78, 5) is -0.656. The highest BCUT2D eigenvalue weighted by Crippen LogP contribution is 2.35. The third-order valence-corrected chi connectivity index (χ3v) is 5.97. The Balaban J connectivity index is 3.38. The van der Waals surface area contributed by atoms with Gasteiger partial charge in [0.15, 0.2) is 5.82 Å². The summed E-state index contributed by atoms with van der Waals surface area (Å²) in [6.07, 6.45) is 0.324. The Hall–Kier alpha value is -0.410. The van der Waals surface area contributed by atoms with Crippen molar-refractivity contribution in [2.24, 2.45) is 0 Å². The third kappa shape index (κ3) is 3.43. The first-order chi connectivity index (χ1) is 9.08. The normalized spacial score (nSPS) is 15.1. The fourth-order valence-electron chi connectivity index (χ4n) is 1.39. The van der Waals surface area contributed by atoms with Gasteiger partial charge in [0.05, 0.1) is 27.3 Å². The Morgan fingerprint density at radius 1 is 1.60 bits per heavy atom. The van der Waals surface area contributed by atoms with Crippen molar-refractivity contribution in [3.8, 4) is 0 Å². The molecule has 0 aromatic heterocycles. The highest BCUT2D eigenvalue weighted by Gasteiger charge is 2.31. The van der Waals surface area contributed by atoms with Crippen LogP contribution in [0.15, 0.2) is 15.4 Å². The summed E-state index contributed by atoms with van der Waals surface area (Å²) in [5, 5.41) is 9.22. The SMILES string of the molecule is CCC(C)(CO)NS(=O)(=O)c1cc(Cl)c(Br)c(N)c1F. The number of benzene rings is 1. The predicted octanol–water partition coefficient (Wildman–Crippen LogP) is 2.26. The molecule has 0 heterocycles. The van der Waals surface area contributed by atoms with E-state index >= 15 is 0 Å². The Bertz CT molecular complexity index is 621. The molecule has 0 bridgehead atoms. The first-order valence-corrected chi connectivity index (χ1v) is 8.31. The molecule has 0 aliphatic heterocycles. The summed E-state index contributed by atoms with van der Waals surface area (Å²) in [5.41, 5.74) is 3.97. The van der Waals surface area contributed by atoms with Gasteiger partial charge in [-0.25, -0.2) is 17.5 Å². The quantitative estimate of drug-likeness (QED) is 0.532. The minimum atomic E-state index is -4.20. The molecule has 0 saturated heterocycles. The summed E-state index contributed by atoms with van der Waals surface area (Å²) in [7, 11) is -4.20. The highest BCUT2D eigenvalue weighted by atomic mass is 79.9. The minimum Gasteiger partial charge on any atom is -0.395 e. The number of hydrogen-bond donors (Lipinski definition) is 3. The molecule has 1 atom stereocenters. The van der Waals surface area contributed by atoms with Crippen LogP contribution in [-0.2, 0) is 10.0 Å². The van der Waals surface area contributed by atoms with Crippen molar-refractivity contribution in [3.63, 3.8) is 0 Å². The Labute approximate surface area is 130 Å². The lowest BCUT2D eigenvalue weighted by Crippen LogP contribution is -2.48. The van der Waals surface area contributed by atoms with E-state index in [0.29, 0.717) is 6.42 Å². The van der Waals surface area contributed by atoms with Crippen molar-refractivity contribution in [1.82, 2.24) is 4.72 Å². The van der Waals surface area contributed by atoms with Gasteiger partial charge in [-0.05, 0) is 35.3 Å². The second-order valence-corrected chi connectivity index (χ2v) is 7.43. The van der Waals surface area contributed by atoms with Gasteiger partial charge in [-0.15, -0.1) is 0 Å². The summed E-state index contributed by atoms with van der Waals surface area (Å²) in [6, 6.07) is 0.965. The molecule has 114 valence electrons. The number of rotatable bonds is 5. The molecule has 0 aliphatic carbocycles. The average molecular weight is 390 g/mol. The van der Waals surface area contributed by atoms with E-state index in [1.54, 1.807) is 6.92 Å². The number of halogens is 3. The van der Waals surface area contributed by atoms with Crippen LogP contribution in [-0.4, -0.2) is 25.7 Å². The zero-order valence-electron chi connectivity index (χ0n) is 10.9. The van der Waals surface area contributed by atoms with Gasteiger partial charge in [0.1, 0.15) is 4.90 Å². The molecule has 0 spiro atoms. The molecule has 1 unspecified atom stereocenters. The lowest BCUT2D eigenvalue weighted by atomic mass is 10.0. The van der Waals surface area contributed by atoms with Crippen LogP contribution in [0.5, 0.6) is 0 Å². The van der Waals surface area contributed by atoms with E-state index in [2.05, 4.69) is 20.7 Å². The van der Waals surface area contributed by atoms with Gasteiger partial charge in [0.2, 0.25) is 10.0 Å².